The van der Waals surface area contributed by atoms with E-state index in [-0.39, 0.29) is 0 Å². The van der Waals surface area contributed by atoms with Crippen molar-refractivity contribution in [3.8, 4) is 0 Å². The van der Waals surface area contributed by atoms with E-state index < -0.39 is 0 Å². The van der Waals surface area contributed by atoms with E-state index in [1.807, 2.05) is 43.3 Å². The van der Waals surface area contributed by atoms with Gasteiger partial charge in [0.15, 0.2) is 11.5 Å². The normalized spacial score (nSPS) is 10.7. The first-order valence-corrected chi connectivity index (χ1v) is 5.82. The van der Waals surface area contributed by atoms with Gasteiger partial charge in [-0.1, -0.05) is 6.07 Å². The number of benzene rings is 1. The summed E-state index contributed by atoms with van der Waals surface area (Å²) in [5.74, 6) is 0.687. The summed E-state index contributed by atoms with van der Waals surface area (Å²) in [6.45, 7) is 2.55. The highest BCUT2D eigenvalue weighted by atomic mass is 16.3. The molecule has 0 aliphatic carbocycles. The molecule has 0 atom stereocenters. The van der Waals surface area contributed by atoms with Crippen LogP contribution in [0.5, 0.6) is 0 Å². The number of hydrogen-bond acceptors (Lipinski definition) is 4. The molecule has 2 heterocycles. The molecular weight excluding hydrogens is 226 g/mol. The van der Waals surface area contributed by atoms with Crippen molar-refractivity contribution in [2.24, 2.45) is 0 Å². The van der Waals surface area contributed by atoms with Crippen molar-refractivity contribution in [2.45, 2.75) is 13.5 Å². The molecule has 0 spiro atoms. The maximum Gasteiger partial charge on any atom is 0.192 e. The van der Waals surface area contributed by atoms with Crippen LogP contribution in [-0.4, -0.2) is 9.97 Å². The summed E-state index contributed by atoms with van der Waals surface area (Å²) in [5, 5.41) is 3.32. The largest absolute Gasteiger partial charge is 0.441 e. The van der Waals surface area contributed by atoms with Gasteiger partial charge in [-0.25, -0.2) is 4.98 Å². The summed E-state index contributed by atoms with van der Waals surface area (Å²) in [6.07, 6.45) is 1.79. The predicted octanol–water partition coefficient (Wildman–Crippen LogP) is 3.14. The van der Waals surface area contributed by atoms with Crippen LogP contribution in [0.25, 0.3) is 11.1 Å². The lowest BCUT2D eigenvalue weighted by Crippen LogP contribution is -2.00. The molecule has 0 bridgehead atoms. The summed E-state index contributed by atoms with van der Waals surface area (Å²) in [5.41, 5.74) is 3.71. The standard InChI is InChI=1S/C14H13N3O/c1-10-17-13-8-11(5-6-14(13)18-10)16-9-12-4-2-3-7-15-12/h2-8,16H,9H2,1H3. The van der Waals surface area contributed by atoms with Crippen molar-refractivity contribution in [1.82, 2.24) is 9.97 Å². The van der Waals surface area contributed by atoms with Crippen LogP contribution in [0.1, 0.15) is 11.6 Å². The number of pyridine rings is 1. The third-order valence-electron chi connectivity index (χ3n) is 2.69. The second-order valence-electron chi connectivity index (χ2n) is 4.09. The molecule has 18 heavy (non-hydrogen) atoms. The molecule has 2 aromatic heterocycles. The first kappa shape index (κ1) is 10.8. The zero-order valence-corrected chi connectivity index (χ0v) is 10.1. The van der Waals surface area contributed by atoms with E-state index in [4.69, 9.17) is 4.42 Å². The number of hydrogen-bond donors (Lipinski definition) is 1. The van der Waals surface area contributed by atoms with Crippen LogP contribution in [0.15, 0.2) is 47.0 Å². The van der Waals surface area contributed by atoms with Gasteiger partial charge >= 0.3 is 0 Å². The molecule has 0 unspecified atom stereocenters. The predicted molar refractivity (Wildman–Crippen MR) is 70.3 cm³/mol. The zero-order valence-electron chi connectivity index (χ0n) is 10.1. The first-order valence-electron chi connectivity index (χ1n) is 5.82. The van der Waals surface area contributed by atoms with Gasteiger partial charge in [-0.2, -0.15) is 0 Å². The number of aromatic nitrogens is 2. The van der Waals surface area contributed by atoms with E-state index in [2.05, 4.69) is 15.3 Å². The fraction of sp³-hybridized carbons (Fsp3) is 0.143. The minimum atomic E-state index is 0.687. The van der Waals surface area contributed by atoms with Crippen molar-refractivity contribution in [1.29, 1.82) is 0 Å². The van der Waals surface area contributed by atoms with Crippen molar-refractivity contribution in [2.75, 3.05) is 5.32 Å². The molecule has 0 fully saturated rings. The number of nitrogens with one attached hydrogen (secondary N) is 1. The molecule has 0 saturated heterocycles. The molecule has 90 valence electrons. The molecule has 0 aliphatic heterocycles. The van der Waals surface area contributed by atoms with E-state index in [1.54, 1.807) is 6.20 Å². The van der Waals surface area contributed by atoms with E-state index >= 15 is 0 Å². The number of oxazole rings is 1. The number of nitrogens with zero attached hydrogens (tertiary/aromatic N) is 2. The summed E-state index contributed by atoms with van der Waals surface area (Å²) in [7, 11) is 0. The third kappa shape index (κ3) is 2.18. The quantitative estimate of drug-likeness (QED) is 0.762. The molecule has 4 heteroatoms. The second-order valence-corrected chi connectivity index (χ2v) is 4.09. The molecule has 3 rings (SSSR count). The Kier molecular flexibility index (Phi) is 2.68. The topological polar surface area (TPSA) is 51.0 Å². The lowest BCUT2D eigenvalue weighted by atomic mass is 10.2. The number of rotatable bonds is 3. The maximum absolute atomic E-state index is 5.43. The van der Waals surface area contributed by atoms with Crippen molar-refractivity contribution >= 4 is 16.8 Å². The van der Waals surface area contributed by atoms with Crippen LogP contribution in [0.3, 0.4) is 0 Å². The van der Waals surface area contributed by atoms with Gasteiger partial charge in [0.25, 0.3) is 0 Å². The van der Waals surface area contributed by atoms with Crippen LogP contribution >= 0.6 is 0 Å². The van der Waals surface area contributed by atoms with Gasteiger partial charge in [-0.15, -0.1) is 0 Å². The Morgan fingerprint density at radius 3 is 3.00 bits per heavy atom. The van der Waals surface area contributed by atoms with Crippen LogP contribution in [0.2, 0.25) is 0 Å². The number of anilines is 1. The fourth-order valence-electron chi connectivity index (χ4n) is 1.85. The molecular formula is C14H13N3O. The minimum Gasteiger partial charge on any atom is -0.441 e. The highest BCUT2D eigenvalue weighted by molar-refractivity contribution is 5.77. The van der Waals surface area contributed by atoms with Gasteiger partial charge in [0.05, 0.1) is 12.2 Å². The number of aryl methyl sites for hydroxylation is 1. The molecule has 0 aliphatic rings. The summed E-state index contributed by atoms with van der Waals surface area (Å²) >= 11 is 0. The van der Waals surface area contributed by atoms with Crippen LogP contribution in [0, 0.1) is 6.92 Å². The second kappa shape index (κ2) is 4.49. The van der Waals surface area contributed by atoms with Gasteiger partial charge in [0.1, 0.15) is 5.52 Å². The van der Waals surface area contributed by atoms with Gasteiger partial charge < -0.3 is 9.73 Å². The Hall–Kier alpha value is -2.36. The van der Waals surface area contributed by atoms with Crippen LogP contribution in [-0.2, 0) is 6.54 Å². The SMILES string of the molecule is Cc1nc2cc(NCc3ccccn3)ccc2o1. The van der Waals surface area contributed by atoms with Crippen molar-refractivity contribution in [3.05, 3.63) is 54.2 Å². The molecule has 0 amide bonds. The molecule has 0 radical (unpaired) electrons. The molecule has 0 saturated carbocycles. The summed E-state index contributed by atoms with van der Waals surface area (Å²) < 4.78 is 5.43. The average molecular weight is 239 g/mol. The highest BCUT2D eigenvalue weighted by Crippen LogP contribution is 2.19. The average Bonchev–Trinajstić information content (AvgIpc) is 2.77. The fourth-order valence-corrected chi connectivity index (χ4v) is 1.85. The van der Waals surface area contributed by atoms with E-state index in [0.717, 1.165) is 22.5 Å². The molecule has 3 aromatic rings. The Labute approximate surface area is 105 Å². The third-order valence-corrected chi connectivity index (χ3v) is 2.69. The summed E-state index contributed by atoms with van der Waals surface area (Å²) in [4.78, 5) is 8.57. The first-order chi connectivity index (χ1) is 8.81. The number of fused-ring (bicyclic) bond motifs is 1. The Morgan fingerprint density at radius 2 is 2.17 bits per heavy atom. The highest BCUT2D eigenvalue weighted by Gasteiger charge is 2.03. The van der Waals surface area contributed by atoms with Gasteiger partial charge in [-0.3, -0.25) is 4.98 Å². The van der Waals surface area contributed by atoms with Crippen molar-refractivity contribution in [3.63, 3.8) is 0 Å². The zero-order chi connectivity index (χ0) is 12.4. The lowest BCUT2D eigenvalue weighted by Gasteiger charge is -2.05. The van der Waals surface area contributed by atoms with E-state index in [1.165, 1.54) is 0 Å². The van der Waals surface area contributed by atoms with Gasteiger partial charge in [0, 0.05) is 18.8 Å². The van der Waals surface area contributed by atoms with E-state index in [0.29, 0.717) is 12.4 Å². The lowest BCUT2D eigenvalue weighted by molar-refractivity contribution is 0.561. The summed E-state index contributed by atoms with van der Waals surface area (Å²) in [6, 6.07) is 11.8. The smallest absolute Gasteiger partial charge is 0.192 e. The van der Waals surface area contributed by atoms with E-state index in [9.17, 15) is 0 Å². The molecule has 4 nitrogen and oxygen atoms in total. The Balaban J connectivity index is 1.78. The monoisotopic (exact) mass is 239 g/mol. The Bertz CT molecular complexity index is 661. The molecule has 1 N–H and O–H groups in total. The molecule has 1 aromatic carbocycles. The van der Waals surface area contributed by atoms with Crippen molar-refractivity contribution < 1.29 is 4.42 Å². The van der Waals surface area contributed by atoms with Gasteiger partial charge in [-0.05, 0) is 30.3 Å². The maximum atomic E-state index is 5.43. The van der Waals surface area contributed by atoms with Crippen LogP contribution in [0.4, 0.5) is 5.69 Å². The van der Waals surface area contributed by atoms with Crippen LogP contribution < -0.4 is 5.32 Å². The Morgan fingerprint density at radius 1 is 1.22 bits per heavy atom. The van der Waals surface area contributed by atoms with Gasteiger partial charge in [0.2, 0.25) is 0 Å². The minimum absolute atomic E-state index is 0.687.